The summed E-state index contributed by atoms with van der Waals surface area (Å²) < 4.78 is 5.27. The van der Waals surface area contributed by atoms with Crippen molar-refractivity contribution < 1.29 is 19.4 Å². The summed E-state index contributed by atoms with van der Waals surface area (Å²) in [4.78, 5) is 22.4. The van der Waals surface area contributed by atoms with Crippen LogP contribution >= 0.6 is 0 Å². The third kappa shape index (κ3) is 7.03. The van der Waals surface area contributed by atoms with Crippen LogP contribution in [0.1, 0.15) is 52.4 Å². The third-order valence-electron chi connectivity index (χ3n) is 3.38. The van der Waals surface area contributed by atoms with Crippen LogP contribution in [0.5, 0.6) is 0 Å². The Hall–Kier alpha value is -1.26. The largest absolute Gasteiger partial charge is 0.481 e. The molecule has 2 N–H and O–H groups in total. The van der Waals surface area contributed by atoms with Gasteiger partial charge in [0.2, 0.25) is 0 Å². The highest BCUT2D eigenvalue weighted by Crippen LogP contribution is 2.21. The van der Waals surface area contributed by atoms with E-state index in [0.717, 1.165) is 32.1 Å². The second-order valence-electron chi connectivity index (χ2n) is 5.79. The van der Waals surface area contributed by atoms with Gasteiger partial charge < -0.3 is 15.2 Å². The van der Waals surface area contributed by atoms with Gasteiger partial charge in [0.1, 0.15) is 6.10 Å². The summed E-state index contributed by atoms with van der Waals surface area (Å²) in [6.45, 7) is 4.47. The van der Waals surface area contributed by atoms with E-state index in [1.807, 2.05) is 13.8 Å². The molecule has 0 heterocycles. The summed E-state index contributed by atoms with van der Waals surface area (Å²) in [5.41, 5.74) is 0. The minimum absolute atomic E-state index is 0.0337. The number of carboxylic acid groups (broad SMARTS) is 1. The molecule has 0 spiro atoms. The number of hydrogen-bond donors (Lipinski definition) is 2. The molecule has 0 radical (unpaired) electrons. The first-order chi connectivity index (χ1) is 8.97. The van der Waals surface area contributed by atoms with Gasteiger partial charge in [-0.15, -0.1) is 0 Å². The molecule has 5 heteroatoms. The second kappa shape index (κ2) is 8.02. The predicted octanol–water partition coefficient (Wildman–Crippen LogP) is 2.79. The number of carbonyl (C=O) groups is 2. The molecule has 0 aromatic rings. The third-order valence-corrected chi connectivity index (χ3v) is 3.38. The standard InChI is InChI=1S/C14H25NO4/c1-10(2)7-11(8-13(16)17)9-15-14(18)19-12-5-3-4-6-12/h10-12H,3-9H2,1-2H3,(H,15,18)(H,16,17). The van der Waals surface area contributed by atoms with E-state index in [1.165, 1.54) is 0 Å². The van der Waals surface area contributed by atoms with Gasteiger partial charge in [0.05, 0.1) is 0 Å². The van der Waals surface area contributed by atoms with Gasteiger partial charge in [-0.25, -0.2) is 4.79 Å². The molecule has 110 valence electrons. The SMILES string of the molecule is CC(C)CC(CNC(=O)OC1CCCC1)CC(=O)O. The lowest BCUT2D eigenvalue weighted by Crippen LogP contribution is -2.33. The molecule has 1 aliphatic carbocycles. The van der Waals surface area contributed by atoms with E-state index >= 15 is 0 Å². The maximum atomic E-state index is 11.6. The zero-order valence-corrected chi connectivity index (χ0v) is 11.9. The monoisotopic (exact) mass is 271 g/mol. The second-order valence-corrected chi connectivity index (χ2v) is 5.79. The van der Waals surface area contributed by atoms with Crippen molar-refractivity contribution >= 4 is 12.1 Å². The van der Waals surface area contributed by atoms with Crippen molar-refractivity contribution in [1.82, 2.24) is 5.32 Å². The average Bonchev–Trinajstić information content (AvgIpc) is 2.77. The lowest BCUT2D eigenvalue weighted by molar-refractivity contribution is -0.138. The molecule has 0 aliphatic heterocycles. The topological polar surface area (TPSA) is 75.6 Å². The van der Waals surface area contributed by atoms with Gasteiger partial charge >= 0.3 is 12.1 Å². The van der Waals surface area contributed by atoms with E-state index in [0.29, 0.717) is 12.5 Å². The number of alkyl carbamates (subject to hydrolysis) is 1. The van der Waals surface area contributed by atoms with Gasteiger partial charge in [0, 0.05) is 13.0 Å². The van der Waals surface area contributed by atoms with Crippen molar-refractivity contribution in [2.45, 2.75) is 58.5 Å². The van der Waals surface area contributed by atoms with Crippen LogP contribution in [0.4, 0.5) is 4.79 Å². The van der Waals surface area contributed by atoms with Crippen molar-refractivity contribution in [3.05, 3.63) is 0 Å². The average molecular weight is 271 g/mol. The molecule has 1 fully saturated rings. The van der Waals surface area contributed by atoms with E-state index in [1.54, 1.807) is 0 Å². The number of carbonyl (C=O) groups excluding carboxylic acids is 1. The van der Waals surface area contributed by atoms with Crippen LogP contribution in [0, 0.1) is 11.8 Å². The van der Waals surface area contributed by atoms with Gasteiger partial charge in [-0.3, -0.25) is 4.79 Å². The van der Waals surface area contributed by atoms with Crippen molar-refractivity contribution in [3.63, 3.8) is 0 Å². The Labute approximate surface area is 114 Å². The summed E-state index contributed by atoms with van der Waals surface area (Å²) in [7, 11) is 0. The Morgan fingerprint density at radius 2 is 1.95 bits per heavy atom. The van der Waals surface area contributed by atoms with Gasteiger partial charge in [-0.1, -0.05) is 13.8 Å². The molecule has 0 saturated heterocycles. The normalized spacial score (nSPS) is 17.4. The van der Waals surface area contributed by atoms with Crippen molar-refractivity contribution in [1.29, 1.82) is 0 Å². The lowest BCUT2D eigenvalue weighted by Gasteiger charge is -2.18. The highest BCUT2D eigenvalue weighted by Gasteiger charge is 2.20. The smallest absolute Gasteiger partial charge is 0.407 e. The first-order valence-electron chi connectivity index (χ1n) is 7.13. The van der Waals surface area contributed by atoms with E-state index in [-0.39, 0.29) is 18.4 Å². The lowest BCUT2D eigenvalue weighted by atomic mass is 9.94. The van der Waals surface area contributed by atoms with Crippen LogP contribution in [-0.2, 0) is 9.53 Å². The summed E-state index contributed by atoms with van der Waals surface area (Å²) in [5.74, 6) is -0.442. The fraction of sp³-hybridized carbons (Fsp3) is 0.857. The molecule has 1 atom stereocenters. The van der Waals surface area contributed by atoms with Crippen LogP contribution in [0.15, 0.2) is 0 Å². The molecule has 1 unspecified atom stereocenters. The first-order valence-corrected chi connectivity index (χ1v) is 7.13. The van der Waals surface area contributed by atoms with E-state index < -0.39 is 12.1 Å². The van der Waals surface area contributed by atoms with Gasteiger partial charge in [-0.05, 0) is 43.9 Å². The Morgan fingerprint density at radius 1 is 1.32 bits per heavy atom. The highest BCUT2D eigenvalue weighted by atomic mass is 16.6. The zero-order valence-electron chi connectivity index (χ0n) is 11.9. The van der Waals surface area contributed by atoms with Crippen molar-refractivity contribution in [2.75, 3.05) is 6.54 Å². The summed E-state index contributed by atoms with van der Waals surface area (Å²) >= 11 is 0. The number of nitrogens with one attached hydrogen (secondary N) is 1. The first kappa shape index (κ1) is 15.8. The van der Waals surface area contributed by atoms with Crippen LogP contribution in [0.3, 0.4) is 0 Å². The molecule has 5 nitrogen and oxygen atoms in total. The number of rotatable bonds is 7. The van der Waals surface area contributed by atoms with E-state index in [2.05, 4.69) is 5.32 Å². The fourth-order valence-corrected chi connectivity index (χ4v) is 2.58. The molecular weight excluding hydrogens is 246 g/mol. The molecule has 1 aliphatic rings. The molecular formula is C14H25NO4. The quantitative estimate of drug-likeness (QED) is 0.746. The maximum absolute atomic E-state index is 11.6. The summed E-state index contributed by atoms with van der Waals surface area (Å²) in [5, 5.41) is 11.5. The summed E-state index contributed by atoms with van der Waals surface area (Å²) in [6, 6.07) is 0. The van der Waals surface area contributed by atoms with Crippen LogP contribution < -0.4 is 5.32 Å². The van der Waals surface area contributed by atoms with E-state index in [4.69, 9.17) is 9.84 Å². The number of carboxylic acids is 1. The summed E-state index contributed by atoms with van der Waals surface area (Å²) in [6.07, 6.45) is 4.63. The van der Waals surface area contributed by atoms with Gasteiger partial charge in [-0.2, -0.15) is 0 Å². The highest BCUT2D eigenvalue weighted by molar-refractivity contribution is 5.68. The predicted molar refractivity (Wildman–Crippen MR) is 71.9 cm³/mol. The van der Waals surface area contributed by atoms with Crippen molar-refractivity contribution in [3.8, 4) is 0 Å². The Bertz CT molecular complexity index is 298. The molecule has 0 aromatic carbocycles. The van der Waals surface area contributed by atoms with E-state index in [9.17, 15) is 9.59 Å². The molecule has 1 rings (SSSR count). The number of amides is 1. The zero-order chi connectivity index (χ0) is 14.3. The van der Waals surface area contributed by atoms with Gasteiger partial charge in [0.15, 0.2) is 0 Å². The Morgan fingerprint density at radius 3 is 2.47 bits per heavy atom. The molecule has 0 aromatic heterocycles. The minimum Gasteiger partial charge on any atom is -0.481 e. The molecule has 1 amide bonds. The maximum Gasteiger partial charge on any atom is 0.407 e. The Kier molecular flexibility index (Phi) is 6.67. The molecule has 0 bridgehead atoms. The molecule has 19 heavy (non-hydrogen) atoms. The van der Waals surface area contributed by atoms with Crippen LogP contribution in [0.2, 0.25) is 0 Å². The van der Waals surface area contributed by atoms with Crippen LogP contribution in [0.25, 0.3) is 0 Å². The fourth-order valence-electron chi connectivity index (χ4n) is 2.58. The van der Waals surface area contributed by atoms with Crippen molar-refractivity contribution in [2.24, 2.45) is 11.8 Å². The number of hydrogen-bond acceptors (Lipinski definition) is 3. The van der Waals surface area contributed by atoms with Gasteiger partial charge in [0.25, 0.3) is 0 Å². The minimum atomic E-state index is -0.823. The van der Waals surface area contributed by atoms with Crippen LogP contribution in [-0.4, -0.2) is 29.8 Å². The Balaban J connectivity index is 2.28. The molecule has 1 saturated carbocycles. The number of ether oxygens (including phenoxy) is 1. The number of aliphatic carboxylic acids is 1.